The largest absolute Gasteiger partial charge is 0.490 e. The van der Waals surface area contributed by atoms with Crippen molar-refractivity contribution in [2.75, 3.05) is 13.2 Å². The van der Waals surface area contributed by atoms with E-state index in [2.05, 4.69) is 27.9 Å². The molecule has 0 bridgehead atoms. The first-order valence-electron chi connectivity index (χ1n) is 7.20. The number of benzene rings is 1. The summed E-state index contributed by atoms with van der Waals surface area (Å²) in [5.74, 6) is 0.969. The van der Waals surface area contributed by atoms with Crippen molar-refractivity contribution < 1.29 is 14.6 Å². The lowest BCUT2D eigenvalue weighted by atomic mass is 10.1. The van der Waals surface area contributed by atoms with Gasteiger partial charge in [0.25, 0.3) is 0 Å². The molecule has 4 nitrogen and oxygen atoms in total. The van der Waals surface area contributed by atoms with E-state index in [1.54, 1.807) is 6.92 Å². The smallest absolute Gasteiger partial charge is 0.132 e. The van der Waals surface area contributed by atoms with Gasteiger partial charge in [0, 0.05) is 19.0 Å². The quantitative estimate of drug-likeness (QED) is 0.621. The van der Waals surface area contributed by atoms with Crippen molar-refractivity contribution in [2.24, 2.45) is 0 Å². The molecule has 1 aromatic carbocycles. The van der Waals surface area contributed by atoms with E-state index >= 15 is 0 Å². The summed E-state index contributed by atoms with van der Waals surface area (Å²) in [6, 6.07) is 6.25. The Balaban J connectivity index is 2.47. The van der Waals surface area contributed by atoms with Gasteiger partial charge in [-0.25, -0.2) is 0 Å². The molecule has 0 saturated heterocycles. The van der Waals surface area contributed by atoms with E-state index in [0.717, 1.165) is 21.3 Å². The number of ketones is 1. The lowest BCUT2D eigenvalue weighted by Gasteiger charge is -2.16. The first kappa shape index (κ1) is 18.4. The number of carbonyl (C=O) groups is 1. The van der Waals surface area contributed by atoms with E-state index in [-0.39, 0.29) is 12.4 Å². The van der Waals surface area contributed by atoms with Gasteiger partial charge in [-0.2, -0.15) is 0 Å². The Hall–Kier alpha value is -0.660. The molecular formula is C16H24INO3. The van der Waals surface area contributed by atoms with Gasteiger partial charge < -0.3 is 20.0 Å². The number of ether oxygens (including phenoxy) is 1. The van der Waals surface area contributed by atoms with Crippen molar-refractivity contribution >= 4 is 28.4 Å². The van der Waals surface area contributed by atoms with Crippen molar-refractivity contribution in [3.8, 4) is 5.75 Å². The normalized spacial score (nSPS) is 12.5. The summed E-state index contributed by atoms with van der Waals surface area (Å²) < 4.78 is 6.64. The van der Waals surface area contributed by atoms with Crippen LogP contribution in [-0.4, -0.2) is 36.2 Å². The third kappa shape index (κ3) is 7.78. The van der Waals surface area contributed by atoms with Gasteiger partial charge in [-0.05, 0) is 53.6 Å². The molecule has 0 aromatic heterocycles. The zero-order chi connectivity index (χ0) is 15.8. The molecule has 0 fully saturated rings. The highest BCUT2D eigenvalue weighted by atomic mass is 127. The van der Waals surface area contributed by atoms with Gasteiger partial charge in [-0.15, -0.1) is 0 Å². The van der Waals surface area contributed by atoms with E-state index in [1.165, 1.54) is 0 Å². The number of aryl methyl sites for hydroxylation is 1. The van der Waals surface area contributed by atoms with E-state index in [1.807, 2.05) is 32.0 Å². The SMILES string of the molecule is CC(=O)CCc1ccc(OCC(O)CNC(C)C)c(I)c1. The maximum Gasteiger partial charge on any atom is 0.132 e. The second kappa shape index (κ2) is 9.38. The summed E-state index contributed by atoms with van der Waals surface area (Å²) in [4.78, 5) is 11.0. The minimum absolute atomic E-state index is 0.200. The Bertz CT molecular complexity index is 463. The Labute approximate surface area is 140 Å². The Morgan fingerprint density at radius 3 is 2.71 bits per heavy atom. The highest BCUT2D eigenvalue weighted by molar-refractivity contribution is 14.1. The van der Waals surface area contributed by atoms with Gasteiger partial charge in [0.05, 0.1) is 3.57 Å². The average Bonchev–Trinajstić information content (AvgIpc) is 2.41. The van der Waals surface area contributed by atoms with E-state index < -0.39 is 6.10 Å². The predicted octanol–water partition coefficient (Wildman–Crippen LogP) is 2.55. The fourth-order valence-electron chi connectivity index (χ4n) is 1.75. The van der Waals surface area contributed by atoms with Crippen LogP contribution in [0.15, 0.2) is 18.2 Å². The van der Waals surface area contributed by atoms with Gasteiger partial charge in [0.1, 0.15) is 24.2 Å². The van der Waals surface area contributed by atoms with E-state index in [9.17, 15) is 9.90 Å². The number of aliphatic hydroxyl groups excluding tert-OH is 1. The third-order valence-corrected chi connectivity index (χ3v) is 3.80. The zero-order valence-corrected chi connectivity index (χ0v) is 15.0. The van der Waals surface area contributed by atoms with Crippen LogP contribution in [0.4, 0.5) is 0 Å². The maximum absolute atomic E-state index is 11.0. The Morgan fingerprint density at radius 1 is 1.43 bits per heavy atom. The lowest BCUT2D eigenvalue weighted by Crippen LogP contribution is -2.35. The lowest BCUT2D eigenvalue weighted by molar-refractivity contribution is -0.116. The van der Waals surface area contributed by atoms with Crippen molar-refractivity contribution in [2.45, 2.75) is 45.8 Å². The minimum atomic E-state index is -0.527. The van der Waals surface area contributed by atoms with E-state index in [4.69, 9.17) is 4.74 Å². The highest BCUT2D eigenvalue weighted by Crippen LogP contribution is 2.23. The van der Waals surface area contributed by atoms with Crippen LogP contribution in [0.25, 0.3) is 0 Å². The van der Waals surface area contributed by atoms with Crippen LogP contribution < -0.4 is 10.1 Å². The summed E-state index contributed by atoms with van der Waals surface area (Å²) in [6.45, 7) is 6.47. The van der Waals surface area contributed by atoms with Crippen molar-refractivity contribution in [1.82, 2.24) is 5.32 Å². The molecule has 5 heteroatoms. The molecule has 0 radical (unpaired) electrons. The number of carbonyl (C=O) groups excluding carboxylic acids is 1. The molecule has 118 valence electrons. The first-order chi connectivity index (χ1) is 9.88. The van der Waals surface area contributed by atoms with Gasteiger partial charge >= 0.3 is 0 Å². The van der Waals surface area contributed by atoms with Crippen LogP contribution in [0.2, 0.25) is 0 Å². The highest BCUT2D eigenvalue weighted by Gasteiger charge is 2.08. The summed E-state index contributed by atoms with van der Waals surface area (Å²) in [5, 5.41) is 13.0. The summed E-state index contributed by atoms with van der Waals surface area (Å²) in [6.07, 6.45) is 0.795. The number of rotatable bonds is 9. The van der Waals surface area contributed by atoms with Crippen molar-refractivity contribution in [1.29, 1.82) is 0 Å². The molecule has 1 aromatic rings. The van der Waals surface area contributed by atoms with Crippen LogP contribution >= 0.6 is 22.6 Å². The van der Waals surface area contributed by atoms with Gasteiger partial charge in [0.15, 0.2) is 0 Å². The number of halogens is 1. The molecule has 1 atom stereocenters. The Morgan fingerprint density at radius 2 is 2.14 bits per heavy atom. The van der Waals surface area contributed by atoms with Gasteiger partial charge in [-0.3, -0.25) is 0 Å². The number of aliphatic hydroxyl groups is 1. The molecule has 0 saturated carbocycles. The summed E-state index contributed by atoms with van der Waals surface area (Å²) in [7, 11) is 0. The number of Topliss-reactive ketones (excluding diaryl/α,β-unsaturated/α-hetero) is 1. The maximum atomic E-state index is 11.0. The van der Waals surface area contributed by atoms with Gasteiger partial charge in [0.2, 0.25) is 0 Å². The average molecular weight is 405 g/mol. The number of hydrogen-bond acceptors (Lipinski definition) is 4. The number of hydrogen-bond donors (Lipinski definition) is 2. The van der Waals surface area contributed by atoms with Crippen LogP contribution in [0.3, 0.4) is 0 Å². The van der Waals surface area contributed by atoms with Crippen LogP contribution in [0.5, 0.6) is 5.75 Å². The summed E-state index contributed by atoms with van der Waals surface area (Å²) >= 11 is 2.21. The molecule has 0 spiro atoms. The van der Waals surface area contributed by atoms with Crippen molar-refractivity contribution in [3.05, 3.63) is 27.3 Å². The molecule has 1 unspecified atom stereocenters. The fourth-order valence-corrected chi connectivity index (χ4v) is 2.49. The standard InChI is InChI=1S/C16H24INO3/c1-11(2)18-9-14(20)10-21-16-7-6-13(8-15(16)17)5-4-12(3)19/h6-8,11,14,18,20H,4-5,9-10H2,1-3H3. The fraction of sp³-hybridized carbons (Fsp3) is 0.562. The van der Waals surface area contributed by atoms with Crippen LogP contribution in [-0.2, 0) is 11.2 Å². The Kier molecular flexibility index (Phi) is 8.21. The molecule has 2 N–H and O–H groups in total. The third-order valence-electron chi connectivity index (χ3n) is 2.95. The monoisotopic (exact) mass is 405 g/mol. The minimum Gasteiger partial charge on any atom is -0.490 e. The predicted molar refractivity (Wildman–Crippen MR) is 92.8 cm³/mol. The van der Waals surface area contributed by atoms with Crippen LogP contribution in [0, 0.1) is 3.57 Å². The second-order valence-corrected chi connectivity index (χ2v) is 6.66. The van der Waals surface area contributed by atoms with Crippen LogP contribution in [0.1, 0.15) is 32.8 Å². The molecule has 1 rings (SSSR count). The molecule has 0 aliphatic rings. The molecule has 0 amide bonds. The second-order valence-electron chi connectivity index (χ2n) is 5.49. The molecule has 0 aliphatic carbocycles. The number of nitrogens with one attached hydrogen (secondary N) is 1. The van der Waals surface area contributed by atoms with E-state index in [0.29, 0.717) is 19.0 Å². The first-order valence-corrected chi connectivity index (χ1v) is 8.28. The zero-order valence-electron chi connectivity index (χ0n) is 12.9. The molecule has 0 heterocycles. The summed E-state index contributed by atoms with van der Waals surface area (Å²) in [5.41, 5.74) is 1.13. The molecule has 21 heavy (non-hydrogen) atoms. The van der Waals surface area contributed by atoms with Crippen molar-refractivity contribution in [3.63, 3.8) is 0 Å². The molecular weight excluding hydrogens is 381 g/mol. The molecule has 0 aliphatic heterocycles. The topological polar surface area (TPSA) is 58.6 Å². The van der Waals surface area contributed by atoms with Gasteiger partial charge in [-0.1, -0.05) is 19.9 Å².